The molecule has 0 aliphatic carbocycles. The molecule has 0 aliphatic rings. The Bertz CT molecular complexity index is 1170. The minimum absolute atomic E-state index is 0.103. The number of carbonyl (C=O) groups excluding carboxylic acids is 1. The number of rotatable bonds is 4. The second-order valence-corrected chi connectivity index (χ2v) is 6.73. The molecule has 0 fully saturated rings. The molecule has 7 heteroatoms. The highest BCUT2D eigenvalue weighted by Crippen LogP contribution is 2.27. The van der Waals surface area contributed by atoms with Gasteiger partial charge in [-0.25, -0.2) is 18.3 Å². The Kier molecular flexibility index (Phi) is 4.80. The van der Waals surface area contributed by atoms with Crippen LogP contribution >= 0.6 is 0 Å². The third kappa shape index (κ3) is 3.47. The Hall–Kier alpha value is -3.61. The average molecular weight is 392 g/mol. The van der Waals surface area contributed by atoms with E-state index in [4.69, 9.17) is 0 Å². The molecular formula is C22H18F2N4O. The molecule has 0 aliphatic heterocycles. The summed E-state index contributed by atoms with van der Waals surface area (Å²) in [4.78, 5) is 19.0. The number of halogens is 2. The summed E-state index contributed by atoms with van der Waals surface area (Å²) in [5.41, 5.74) is 2.74. The van der Waals surface area contributed by atoms with Crippen molar-refractivity contribution in [3.05, 3.63) is 83.7 Å². The maximum atomic E-state index is 13.7. The molecule has 29 heavy (non-hydrogen) atoms. The fraction of sp³-hybridized carbons (Fsp3) is 0.136. The first-order valence-corrected chi connectivity index (χ1v) is 9.02. The van der Waals surface area contributed by atoms with E-state index in [-0.39, 0.29) is 22.8 Å². The molecule has 0 saturated heterocycles. The number of amides is 1. The van der Waals surface area contributed by atoms with E-state index < -0.39 is 6.43 Å². The standard InChI is InChI=1S/C22H18F2N4O/c1-14-8-10-15(11-9-14)18-12-19(20(23)24)28-21(26-18)17(13-25-28)22(29)27(2)16-6-4-3-5-7-16/h3-13,20H,1-2H3. The highest BCUT2D eigenvalue weighted by molar-refractivity contribution is 6.09. The number of fused-ring (bicyclic) bond motifs is 1. The lowest BCUT2D eigenvalue weighted by molar-refractivity contribution is 0.0994. The average Bonchev–Trinajstić information content (AvgIpc) is 3.17. The third-order valence-corrected chi connectivity index (χ3v) is 4.75. The van der Waals surface area contributed by atoms with Gasteiger partial charge < -0.3 is 4.90 Å². The summed E-state index contributed by atoms with van der Waals surface area (Å²) in [6, 6.07) is 17.8. The summed E-state index contributed by atoms with van der Waals surface area (Å²) < 4.78 is 28.4. The quantitative estimate of drug-likeness (QED) is 0.495. The SMILES string of the molecule is Cc1ccc(-c2cc(C(F)F)n3ncc(C(=O)N(C)c4ccccc4)c3n2)cc1. The first-order chi connectivity index (χ1) is 14.0. The van der Waals surface area contributed by atoms with Gasteiger partial charge in [0.1, 0.15) is 11.3 Å². The van der Waals surface area contributed by atoms with Gasteiger partial charge in [0.15, 0.2) is 5.65 Å². The molecule has 4 aromatic rings. The van der Waals surface area contributed by atoms with Crippen LogP contribution in [0.25, 0.3) is 16.9 Å². The number of carbonyl (C=O) groups is 1. The van der Waals surface area contributed by atoms with Crippen molar-refractivity contribution in [3.63, 3.8) is 0 Å². The molecule has 0 N–H and O–H groups in total. The zero-order valence-electron chi connectivity index (χ0n) is 15.9. The van der Waals surface area contributed by atoms with Crippen molar-refractivity contribution in [1.82, 2.24) is 14.6 Å². The van der Waals surface area contributed by atoms with Crippen LogP contribution in [0.5, 0.6) is 0 Å². The predicted molar refractivity (Wildman–Crippen MR) is 107 cm³/mol. The van der Waals surface area contributed by atoms with Gasteiger partial charge >= 0.3 is 0 Å². The van der Waals surface area contributed by atoms with Gasteiger partial charge in [-0.05, 0) is 25.1 Å². The van der Waals surface area contributed by atoms with E-state index in [2.05, 4.69) is 10.1 Å². The molecule has 0 unspecified atom stereocenters. The minimum atomic E-state index is -2.76. The van der Waals surface area contributed by atoms with E-state index in [1.54, 1.807) is 19.2 Å². The van der Waals surface area contributed by atoms with Gasteiger partial charge in [-0.2, -0.15) is 5.10 Å². The van der Waals surface area contributed by atoms with Crippen molar-refractivity contribution >= 4 is 17.2 Å². The van der Waals surface area contributed by atoms with Crippen molar-refractivity contribution in [3.8, 4) is 11.3 Å². The Balaban J connectivity index is 1.85. The Morgan fingerprint density at radius 3 is 2.41 bits per heavy atom. The fourth-order valence-corrected chi connectivity index (χ4v) is 3.11. The Morgan fingerprint density at radius 2 is 1.76 bits per heavy atom. The van der Waals surface area contributed by atoms with Gasteiger partial charge in [-0.1, -0.05) is 48.0 Å². The lowest BCUT2D eigenvalue weighted by Gasteiger charge is -2.16. The highest BCUT2D eigenvalue weighted by Gasteiger charge is 2.23. The number of alkyl halides is 2. The number of benzene rings is 2. The number of hydrogen-bond acceptors (Lipinski definition) is 3. The molecule has 0 bridgehead atoms. The lowest BCUT2D eigenvalue weighted by Crippen LogP contribution is -2.26. The monoisotopic (exact) mass is 392 g/mol. The third-order valence-electron chi connectivity index (χ3n) is 4.75. The van der Waals surface area contributed by atoms with Crippen LogP contribution < -0.4 is 4.90 Å². The van der Waals surface area contributed by atoms with Crippen LogP contribution in [0.2, 0.25) is 0 Å². The maximum Gasteiger partial charge on any atom is 0.280 e. The van der Waals surface area contributed by atoms with Crippen molar-refractivity contribution in [2.75, 3.05) is 11.9 Å². The van der Waals surface area contributed by atoms with Gasteiger partial charge in [0.25, 0.3) is 12.3 Å². The number of para-hydroxylation sites is 1. The molecule has 2 heterocycles. The van der Waals surface area contributed by atoms with E-state index in [1.165, 1.54) is 17.2 Å². The van der Waals surface area contributed by atoms with Gasteiger partial charge in [0.05, 0.1) is 11.9 Å². The largest absolute Gasteiger partial charge is 0.311 e. The predicted octanol–water partition coefficient (Wildman–Crippen LogP) is 4.92. The van der Waals surface area contributed by atoms with Crippen LogP contribution in [-0.2, 0) is 0 Å². The molecule has 0 saturated carbocycles. The summed E-state index contributed by atoms with van der Waals surface area (Å²) in [5.74, 6) is -0.375. The van der Waals surface area contributed by atoms with Gasteiger partial charge in [0, 0.05) is 18.3 Å². The lowest BCUT2D eigenvalue weighted by atomic mass is 10.1. The number of nitrogens with zero attached hydrogens (tertiary/aromatic N) is 4. The molecule has 1 amide bonds. The summed E-state index contributed by atoms with van der Waals surface area (Å²) in [7, 11) is 1.62. The Morgan fingerprint density at radius 1 is 1.07 bits per heavy atom. The van der Waals surface area contributed by atoms with Crippen molar-refractivity contribution in [1.29, 1.82) is 0 Å². The van der Waals surface area contributed by atoms with E-state index in [1.807, 2.05) is 49.4 Å². The smallest absolute Gasteiger partial charge is 0.280 e. The topological polar surface area (TPSA) is 50.5 Å². The minimum Gasteiger partial charge on any atom is -0.311 e. The summed E-state index contributed by atoms with van der Waals surface area (Å²) in [6.45, 7) is 1.94. The zero-order chi connectivity index (χ0) is 20.5. The normalized spacial score (nSPS) is 11.2. The molecule has 146 valence electrons. The van der Waals surface area contributed by atoms with Crippen LogP contribution in [0.15, 0.2) is 66.9 Å². The molecule has 0 atom stereocenters. The van der Waals surface area contributed by atoms with Gasteiger partial charge in [0.2, 0.25) is 0 Å². The van der Waals surface area contributed by atoms with E-state index >= 15 is 0 Å². The van der Waals surface area contributed by atoms with Crippen LogP contribution in [0.4, 0.5) is 14.5 Å². The van der Waals surface area contributed by atoms with E-state index in [0.29, 0.717) is 16.9 Å². The number of hydrogen-bond donors (Lipinski definition) is 0. The number of anilines is 1. The summed E-state index contributed by atoms with van der Waals surface area (Å²) in [5, 5.41) is 4.01. The van der Waals surface area contributed by atoms with Crippen LogP contribution in [0.3, 0.4) is 0 Å². The van der Waals surface area contributed by atoms with E-state index in [9.17, 15) is 13.6 Å². The summed E-state index contributed by atoms with van der Waals surface area (Å²) >= 11 is 0. The van der Waals surface area contributed by atoms with Crippen molar-refractivity contribution < 1.29 is 13.6 Å². The first kappa shape index (κ1) is 18.7. The molecule has 0 spiro atoms. The van der Waals surface area contributed by atoms with Crippen LogP contribution in [-0.4, -0.2) is 27.6 Å². The molecule has 2 aromatic carbocycles. The highest BCUT2D eigenvalue weighted by atomic mass is 19.3. The Labute approximate surface area is 166 Å². The molecule has 5 nitrogen and oxygen atoms in total. The molecule has 2 aromatic heterocycles. The van der Waals surface area contributed by atoms with Gasteiger partial charge in [-0.3, -0.25) is 4.79 Å². The number of aromatic nitrogens is 3. The van der Waals surface area contributed by atoms with E-state index in [0.717, 1.165) is 10.1 Å². The molecular weight excluding hydrogens is 374 g/mol. The molecule has 0 radical (unpaired) electrons. The second-order valence-electron chi connectivity index (χ2n) is 6.73. The fourth-order valence-electron chi connectivity index (χ4n) is 3.11. The zero-order valence-corrected chi connectivity index (χ0v) is 15.9. The van der Waals surface area contributed by atoms with Crippen LogP contribution in [0.1, 0.15) is 28.0 Å². The summed E-state index contributed by atoms with van der Waals surface area (Å²) in [6.07, 6.45) is -1.48. The van der Waals surface area contributed by atoms with Gasteiger partial charge in [-0.15, -0.1) is 0 Å². The second kappa shape index (κ2) is 7.43. The number of aryl methyl sites for hydroxylation is 1. The van der Waals surface area contributed by atoms with Crippen molar-refractivity contribution in [2.45, 2.75) is 13.3 Å². The van der Waals surface area contributed by atoms with Crippen molar-refractivity contribution in [2.24, 2.45) is 0 Å². The molecule has 4 rings (SSSR count). The van der Waals surface area contributed by atoms with Crippen LogP contribution in [0, 0.1) is 6.92 Å². The first-order valence-electron chi connectivity index (χ1n) is 9.02. The maximum absolute atomic E-state index is 13.7.